The molecule has 8 atom stereocenters. The monoisotopic (exact) mass is 521 g/mol. The quantitative estimate of drug-likeness (QED) is 0.393. The minimum atomic E-state index is -1.09. The lowest BCUT2D eigenvalue weighted by Gasteiger charge is -2.65. The van der Waals surface area contributed by atoms with E-state index >= 15 is 0 Å². The fraction of sp³-hybridized carbons (Fsp3) is 0.613. The summed E-state index contributed by atoms with van der Waals surface area (Å²) in [4.78, 5) is 17.3. The number of benzene rings is 1. The largest absolute Gasteiger partial charge is 0.431 e. The topological polar surface area (TPSA) is 112 Å². The molecule has 1 aromatic carbocycles. The second-order valence-electron chi connectivity index (χ2n) is 12.6. The Morgan fingerprint density at radius 3 is 2.55 bits per heavy atom. The molecule has 4 aliphatic carbocycles. The van der Waals surface area contributed by atoms with E-state index in [2.05, 4.69) is 12.1 Å². The van der Waals surface area contributed by atoms with E-state index in [-0.39, 0.29) is 28.8 Å². The molecule has 6 rings (SSSR count). The van der Waals surface area contributed by atoms with Crippen molar-refractivity contribution >= 4 is 6.21 Å². The maximum Gasteiger partial charge on any atom is 0.335 e. The molecule has 2 aromatic rings. The van der Waals surface area contributed by atoms with Gasteiger partial charge < -0.3 is 24.6 Å². The maximum absolute atomic E-state index is 12.5. The van der Waals surface area contributed by atoms with E-state index in [0.717, 1.165) is 30.4 Å². The van der Waals surface area contributed by atoms with E-state index < -0.39 is 22.7 Å². The van der Waals surface area contributed by atoms with Crippen LogP contribution in [0.5, 0.6) is 0 Å². The average Bonchev–Trinajstić information content (AvgIpc) is 3.19. The molecular formula is C31H39NO6. The summed E-state index contributed by atoms with van der Waals surface area (Å²) in [5.41, 5.74) is -1.39. The number of fused-ring (bicyclic) bond motifs is 5. The van der Waals surface area contributed by atoms with Gasteiger partial charge in [-0.1, -0.05) is 42.4 Å². The lowest BCUT2D eigenvalue weighted by atomic mass is 9.41. The number of aliphatic hydroxyl groups is 3. The van der Waals surface area contributed by atoms with Gasteiger partial charge >= 0.3 is 5.63 Å². The van der Waals surface area contributed by atoms with Gasteiger partial charge in [-0.3, -0.25) is 0 Å². The number of rotatable bonds is 5. The summed E-state index contributed by atoms with van der Waals surface area (Å²) in [6.45, 7) is 2.54. The molecule has 38 heavy (non-hydrogen) atoms. The predicted octanol–water partition coefficient (Wildman–Crippen LogP) is 4.54. The van der Waals surface area contributed by atoms with Crippen LogP contribution in [0, 0.1) is 22.7 Å². The molecule has 7 heteroatoms. The lowest BCUT2D eigenvalue weighted by molar-refractivity contribution is -0.236. The third-order valence-electron chi connectivity index (χ3n) is 11.1. The van der Waals surface area contributed by atoms with Gasteiger partial charge in [0.1, 0.15) is 6.61 Å². The van der Waals surface area contributed by atoms with Crippen molar-refractivity contribution < 1.29 is 24.6 Å². The SMILES string of the molecule is C[C@]12CC[C@H]3[C@@H](CC[C@]4(O)C[C@@H](O)CC[C@]34/C=N/OCc3ccccc3)[C@@]1(O)CC[C@@H]2c1ccc(=O)oc1. The smallest absolute Gasteiger partial charge is 0.335 e. The second-order valence-corrected chi connectivity index (χ2v) is 12.6. The van der Waals surface area contributed by atoms with Crippen LogP contribution in [-0.2, 0) is 11.4 Å². The van der Waals surface area contributed by atoms with Crippen LogP contribution in [-0.4, -0.2) is 38.8 Å². The molecule has 204 valence electrons. The van der Waals surface area contributed by atoms with Crippen molar-refractivity contribution in [3.8, 4) is 0 Å². The highest BCUT2D eigenvalue weighted by molar-refractivity contribution is 5.69. The summed E-state index contributed by atoms with van der Waals surface area (Å²) < 4.78 is 5.21. The molecule has 4 fully saturated rings. The molecule has 3 N–H and O–H groups in total. The molecule has 0 aliphatic heterocycles. The number of hydrogen-bond donors (Lipinski definition) is 3. The zero-order valence-corrected chi connectivity index (χ0v) is 22.1. The Hall–Kier alpha value is -2.48. The molecule has 0 saturated heterocycles. The van der Waals surface area contributed by atoms with Crippen molar-refractivity contribution in [2.45, 2.75) is 94.5 Å². The van der Waals surface area contributed by atoms with Crippen molar-refractivity contribution in [1.29, 1.82) is 0 Å². The van der Waals surface area contributed by atoms with Crippen LogP contribution < -0.4 is 5.63 Å². The molecule has 4 saturated carbocycles. The Kier molecular flexibility index (Phi) is 6.32. The normalized spacial score (nSPS) is 42.3. The van der Waals surface area contributed by atoms with E-state index in [4.69, 9.17) is 9.25 Å². The van der Waals surface area contributed by atoms with Crippen molar-refractivity contribution in [3.05, 3.63) is 70.3 Å². The Morgan fingerprint density at radius 2 is 1.79 bits per heavy atom. The highest BCUT2D eigenvalue weighted by Crippen LogP contribution is 2.71. The minimum absolute atomic E-state index is 0.00179. The number of oxime groups is 1. The molecule has 4 aliphatic rings. The first-order chi connectivity index (χ1) is 18.2. The highest BCUT2D eigenvalue weighted by atomic mass is 16.6. The van der Waals surface area contributed by atoms with Gasteiger partial charge in [0.05, 0.1) is 29.8 Å². The van der Waals surface area contributed by atoms with Gasteiger partial charge in [-0.25, -0.2) is 4.79 Å². The summed E-state index contributed by atoms with van der Waals surface area (Å²) in [6, 6.07) is 13.2. The summed E-state index contributed by atoms with van der Waals surface area (Å²) in [5, 5.41) is 39.6. The van der Waals surface area contributed by atoms with Gasteiger partial charge in [-0.2, -0.15) is 0 Å². The standard InChI is InChI=1S/C31H39NO6/c1-28-13-10-25-26(31(28,36)16-12-24(28)22-7-8-27(34)37-19-22)11-15-30(35)17-23(33)9-14-29(25,30)20-32-38-18-21-5-3-2-4-6-21/h2-8,19-20,23-26,33,35-36H,9-18H2,1H3/b32-20+/t23-,24+,25-,26+,28+,29-,30-,31-/m0/s1. The molecular weight excluding hydrogens is 482 g/mol. The average molecular weight is 522 g/mol. The van der Waals surface area contributed by atoms with Crippen LogP contribution in [0.3, 0.4) is 0 Å². The predicted molar refractivity (Wildman–Crippen MR) is 142 cm³/mol. The van der Waals surface area contributed by atoms with Gasteiger partial charge in [-0.05, 0) is 86.3 Å². The summed E-state index contributed by atoms with van der Waals surface area (Å²) in [6.07, 6.45) is 8.76. The zero-order valence-electron chi connectivity index (χ0n) is 22.1. The molecule has 0 unspecified atom stereocenters. The van der Waals surface area contributed by atoms with Gasteiger partial charge in [-0.15, -0.1) is 0 Å². The molecule has 1 aromatic heterocycles. The van der Waals surface area contributed by atoms with Gasteiger partial charge in [0.25, 0.3) is 0 Å². The highest BCUT2D eigenvalue weighted by Gasteiger charge is 2.71. The van der Waals surface area contributed by atoms with Gasteiger partial charge in [0.2, 0.25) is 0 Å². The number of nitrogens with zero attached hydrogens (tertiary/aromatic N) is 1. The van der Waals surface area contributed by atoms with Crippen molar-refractivity contribution in [2.75, 3.05) is 0 Å². The van der Waals surface area contributed by atoms with Gasteiger partial charge in [0.15, 0.2) is 0 Å². The minimum Gasteiger partial charge on any atom is -0.431 e. The Labute approximate surface area is 223 Å². The fourth-order valence-corrected chi connectivity index (χ4v) is 9.09. The summed E-state index contributed by atoms with van der Waals surface area (Å²) in [5.74, 6) is 0.132. The molecule has 0 spiro atoms. The van der Waals surface area contributed by atoms with Crippen LogP contribution in [0.2, 0.25) is 0 Å². The van der Waals surface area contributed by atoms with Crippen molar-refractivity contribution in [1.82, 2.24) is 0 Å². The molecule has 1 heterocycles. The summed E-state index contributed by atoms with van der Waals surface area (Å²) in [7, 11) is 0. The maximum atomic E-state index is 12.5. The first kappa shape index (κ1) is 25.8. The van der Waals surface area contributed by atoms with E-state index in [1.54, 1.807) is 6.26 Å². The van der Waals surface area contributed by atoms with E-state index in [9.17, 15) is 20.1 Å². The number of hydrogen-bond acceptors (Lipinski definition) is 7. The second kappa shape index (κ2) is 9.32. The van der Waals surface area contributed by atoms with Crippen LogP contribution in [0.1, 0.15) is 81.8 Å². The van der Waals surface area contributed by atoms with E-state index in [1.165, 1.54) is 6.07 Å². The molecule has 0 bridgehead atoms. The Morgan fingerprint density at radius 1 is 1.00 bits per heavy atom. The molecule has 0 amide bonds. The lowest BCUT2D eigenvalue weighted by Crippen LogP contribution is -2.68. The van der Waals surface area contributed by atoms with Gasteiger partial charge in [0, 0.05) is 23.3 Å². The third-order valence-corrected chi connectivity index (χ3v) is 11.1. The Balaban J connectivity index is 1.32. The van der Waals surface area contributed by atoms with Crippen LogP contribution in [0.25, 0.3) is 0 Å². The fourth-order valence-electron chi connectivity index (χ4n) is 9.09. The van der Waals surface area contributed by atoms with Crippen LogP contribution in [0.4, 0.5) is 0 Å². The number of aliphatic hydroxyl groups excluding tert-OH is 1. The molecule has 7 nitrogen and oxygen atoms in total. The Bertz CT molecular complexity index is 1230. The van der Waals surface area contributed by atoms with Crippen molar-refractivity contribution in [3.63, 3.8) is 0 Å². The van der Waals surface area contributed by atoms with E-state index in [1.807, 2.05) is 42.6 Å². The third kappa shape index (κ3) is 3.81. The van der Waals surface area contributed by atoms with E-state index in [0.29, 0.717) is 45.1 Å². The first-order valence-corrected chi connectivity index (χ1v) is 14.1. The zero-order chi connectivity index (χ0) is 26.6. The summed E-state index contributed by atoms with van der Waals surface area (Å²) >= 11 is 0. The van der Waals surface area contributed by atoms with Crippen molar-refractivity contribution in [2.24, 2.45) is 27.8 Å². The first-order valence-electron chi connectivity index (χ1n) is 14.1. The van der Waals surface area contributed by atoms with Crippen LogP contribution in [0.15, 0.2) is 63.1 Å². The molecule has 0 radical (unpaired) electrons. The van der Waals surface area contributed by atoms with Crippen LogP contribution >= 0.6 is 0 Å².